The quantitative estimate of drug-likeness (QED) is 0.568. The van der Waals surface area contributed by atoms with Gasteiger partial charge >= 0.3 is 11.9 Å². The van der Waals surface area contributed by atoms with Crippen molar-refractivity contribution in [1.82, 2.24) is 9.03 Å². The zero-order valence-corrected chi connectivity index (χ0v) is 19.7. The van der Waals surface area contributed by atoms with Gasteiger partial charge in [0.1, 0.15) is 0 Å². The number of nitrogens with zero attached hydrogens (tertiary/aromatic N) is 1. The zero-order valence-electron chi connectivity index (χ0n) is 18.1. The van der Waals surface area contributed by atoms with Gasteiger partial charge in [-0.3, -0.25) is 0 Å². The highest BCUT2D eigenvalue weighted by atomic mass is 32.2. The van der Waals surface area contributed by atoms with Gasteiger partial charge in [-0.1, -0.05) is 18.2 Å². The van der Waals surface area contributed by atoms with Crippen LogP contribution in [-0.4, -0.2) is 66.4 Å². The summed E-state index contributed by atoms with van der Waals surface area (Å²) < 4.78 is 64.8. The summed E-state index contributed by atoms with van der Waals surface area (Å²) in [7, 11) is -5.64. The van der Waals surface area contributed by atoms with Crippen LogP contribution in [0.2, 0.25) is 0 Å². The van der Waals surface area contributed by atoms with Gasteiger partial charge in [0.2, 0.25) is 20.0 Å². The fraction of sp³-hybridized carbons (Fsp3) is 0.333. The molecule has 1 fully saturated rings. The summed E-state index contributed by atoms with van der Waals surface area (Å²) in [5.74, 6) is -1.62. The van der Waals surface area contributed by atoms with E-state index in [2.05, 4.69) is 14.2 Å². The van der Waals surface area contributed by atoms with Crippen molar-refractivity contribution in [2.45, 2.75) is 28.7 Å². The second-order valence-electron chi connectivity index (χ2n) is 7.31. The molecule has 178 valence electrons. The number of piperidine rings is 1. The Bertz CT molecular complexity index is 1240. The number of nitrogens with one attached hydrogen (secondary N) is 1. The predicted molar refractivity (Wildman–Crippen MR) is 118 cm³/mol. The molecule has 1 aliphatic rings. The smallest absolute Gasteiger partial charge is 0.339 e. The molecular formula is C21H24N2O8S2. The van der Waals surface area contributed by atoms with Crippen LogP contribution in [-0.2, 0) is 29.5 Å². The Hall–Kier alpha value is -2.80. The lowest BCUT2D eigenvalue weighted by molar-refractivity contribution is 0.0583. The standard InChI is InChI=1S/C21H24N2O8S2/c1-30-20(24)15-8-9-18(21(25)31-2)19(14-15)33(28,29)23-12-10-16(11-13-23)22-32(26,27)17-6-4-3-5-7-17/h3-9,14,16,22H,10-13H2,1-2H3. The largest absolute Gasteiger partial charge is 0.465 e. The van der Waals surface area contributed by atoms with E-state index in [9.17, 15) is 26.4 Å². The van der Waals surface area contributed by atoms with Gasteiger partial charge in [0, 0.05) is 19.1 Å². The lowest BCUT2D eigenvalue weighted by Gasteiger charge is -2.31. The molecular weight excluding hydrogens is 472 g/mol. The first-order valence-corrected chi connectivity index (χ1v) is 12.9. The first kappa shape index (κ1) is 24.8. The van der Waals surface area contributed by atoms with Crippen molar-refractivity contribution < 1.29 is 35.9 Å². The summed E-state index contributed by atoms with van der Waals surface area (Å²) in [6.07, 6.45) is 0.463. The maximum Gasteiger partial charge on any atom is 0.339 e. The molecule has 33 heavy (non-hydrogen) atoms. The average molecular weight is 497 g/mol. The van der Waals surface area contributed by atoms with E-state index in [4.69, 9.17) is 0 Å². The maximum atomic E-state index is 13.3. The maximum absolute atomic E-state index is 13.3. The molecule has 0 spiro atoms. The van der Waals surface area contributed by atoms with Gasteiger partial charge in [-0.05, 0) is 43.2 Å². The Balaban J connectivity index is 1.81. The van der Waals surface area contributed by atoms with Crippen molar-refractivity contribution in [3.8, 4) is 0 Å². The third-order valence-electron chi connectivity index (χ3n) is 5.26. The molecule has 0 unspecified atom stereocenters. The highest BCUT2D eigenvalue weighted by Crippen LogP contribution is 2.26. The molecule has 1 aliphatic heterocycles. The predicted octanol–water partition coefficient (Wildman–Crippen LogP) is 1.39. The van der Waals surface area contributed by atoms with Crippen molar-refractivity contribution in [2.75, 3.05) is 27.3 Å². The van der Waals surface area contributed by atoms with Crippen molar-refractivity contribution in [3.05, 3.63) is 59.7 Å². The van der Waals surface area contributed by atoms with E-state index in [1.165, 1.54) is 24.3 Å². The van der Waals surface area contributed by atoms with E-state index in [0.29, 0.717) is 0 Å². The molecule has 2 aromatic rings. The molecule has 1 saturated heterocycles. The second-order valence-corrected chi connectivity index (χ2v) is 10.9. The SMILES string of the molecule is COC(=O)c1ccc(C(=O)OC)c(S(=O)(=O)N2CCC(NS(=O)(=O)c3ccccc3)CC2)c1. The van der Waals surface area contributed by atoms with Gasteiger partial charge in [-0.25, -0.2) is 31.1 Å². The van der Waals surface area contributed by atoms with Crippen molar-refractivity contribution >= 4 is 32.0 Å². The van der Waals surface area contributed by atoms with Crippen LogP contribution in [0.25, 0.3) is 0 Å². The lowest BCUT2D eigenvalue weighted by Crippen LogP contribution is -2.46. The number of methoxy groups -OCH3 is 2. The van der Waals surface area contributed by atoms with Crippen molar-refractivity contribution in [3.63, 3.8) is 0 Å². The number of hydrogen-bond donors (Lipinski definition) is 1. The number of esters is 2. The third kappa shape index (κ3) is 5.41. The van der Waals surface area contributed by atoms with E-state index in [0.717, 1.165) is 24.6 Å². The third-order valence-corrected chi connectivity index (χ3v) is 8.73. The number of carbonyl (C=O) groups is 2. The lowest BCUT2D eigenvalue weighted by atomic mass is 10.1. The summed E-state index contributed by atoms with van der Waals surface area (Å²) in [6.45, 7) is 0.0424. The highest BCUT2D eigenvalue weighted by Gasteiger charge is 2.34. The molecule has 0 aliphatic carbocycles. The van der Waals surface area contributed by atoms with Crippen LogP contribution in [0.3, 0.4) is 0 Å². The molecule has 0 saturated carbocycles. The van der Waals surface area contributed by atoms with E-state index in [-0.39, 0.29) is 46.8 Å². The Morgan fingerprint density at radius 1 is 0.909 bits per heavy atom. The molecule has 0 amide bonds. The minimum absolute atomic E-state index is 0.0212. The summed E-state index contributed by atoms with van der Waals surface area (Å²) in [5, 5.41) is 0. The van der Waals surface area contributed by atoms with Gasteiger partial charge in [0.05, 0.1) is 35.1 Å². The van der Waals surface area contributed by atoms with Crippen LogP contribution in [0.5, 0.6) is 0 Å². The van der Waals surface area contributed by atoms with Crippen LogP contribution in [0.15, 0.2) is 58.3 Å². The van der Waals surface area contributed by atoms with E-state index in [1.54, 1.807) is 18.2 Å². The molecule has 1 heterocycles. The monoisotopic (exact) mass is 496 g/mol. The Kier molecular flexibility index (Phi) is 7.52. The number of rotatable bonds is 7. The molecule has 10 nitrogen and oxygen atoms in total. The zero-order chi connectivity index (χ0) is 24.2. The fourth-order valence-corrected chi connectivity index (χ4v) is 6.50. The summed E-state index contributed by atoms with van der Waals surface area (Å²) in [6, 6.07) is 11.0. The van der Waals surface area contributed by atoms with E-state index < -0.39 is 38.0 Å². The van der Waals surface area contributed by atoms with E-state index >= 15 is 0 Å². The summed E-state index contributed by atoms with van der Waals surface area (Å²) in [4.78, 5) is 23.8. The van der Waals surface area contributed by atoms with Gasteiger partial charge in [-0.15, -0.1) is 0 Å². The molecule has 3 rings (SSSR count). The Morgan fingerprint density at radius 2 is 1.52 bits per heavy atom. The van der Waals surface area contributed by atoms with Crippen LogP contribution < -0.4 is 4.72 Å². The number of sulfonamides is 2. The first-order valence-electron chi connectivity index (χ1n) is 9.98. The van der Waals surface area contributed by atoms with E-state index in [1.807, 2.05) is 0 Å². The topological polar surface area (TPSA) is 136 Å². The minimum atomic E-state index is -4.18. The van der Waals surface area contributed by atoms with Crippen molar-refractivity contribution in [2.24, 2.45) is 0 Å². The number of carbonyl (C=O) groups excluding carboxylic acids is 2. The normalized spacial score (nSPS) is 15.7. The minimum Gasteiger partial charge on any atom is -0.465 e. The van der Waals surface area contributed by atoms with Crippen LogP contribution in [0, 0.1) is 0 Å². The van der Waals surface area contributed by atoms with Crippen molar-refractivity contribution in [1.29, 1.82) is 0 Å². The van der Waals surface area contributed by atoms with Gasteiger partial charge in [-0.2, -0.15) is 4.31 Å². The van der Waals surface area contributed by atoms with Crippen LogP contribution in [0.1, 0.15) is 33.6 Å². The molecule has 2 aromatic carbocycles. The summed E-state index contributed by atoms with van der Waals surface area (Å²) >= 11 is 0. The molecule has 1 N–H and O–H groups in total. The molecule has 0 atom stereocenters. The molecule has 0 bridgehead atoms. The molecule has 12 heteroatoms. The first-order chi connectivity index (χ1) is 15.6. The Labute approximate surface area is 192 Å². The summed E-state index contributed by atoms with van der Waals surface area (Å²) in [5.41, 5.74) is -0.244. The average Bonchev–Trinajstić information content (AvgIpc) is 2.83. The number of benzene rings is 2. The van der Waals surface area contributed by atoms with Gasteiger partial charge < -0.3 is 9.47 Å². The molecule has 0 aromatic heterocycles. The van der Waals surface area contributed by atoms with Gasteiger partial charge in [0.25, 0.3) is 0 Å². The number of ether oxygens (including phenoxy) is 2. The van der Waals surface area contributed by atoms with Crippen LogP contribution in [0.4, 0.5) is 0 Å². The highest BCUT2D eigenvalue weighted by molar-refractivity contribution is 7.89. The van der Waals surface area contributed by atoms with Gasteiger partial charge in [0.15, 0.2) is 0 Å². The Morgan fingerprint density at radius 3 is 2.09 bits per heavy atom. The van der Waals surface area contributed by atoms with Crippen LogP contribution >= 0.6 is 0 Å². The molecule has 0 radical (unpaired) electrons. The second kappa shape index (κ2) is 10.00. The number of hydrogen-bond acceptors (Lipinski definition) is 8. The fourth-order valence-electron chi connectivity index (χ4n) is 3.50.